The molecule has 0 fully saturated rings. The summed E-state index contributed by atoms with van der Waals surface area (Å²) in [4.78, 5) is 11.1. The van der Waals surface area contributed by atoms with Gasteiger partial charge in [-0.15, -0.1) is 12.4 Å². The summed E-state index contributed by atoms with van der Waals surface area (Å²) in [6, 6.07) is 4.64. The van der Waals surface area contributed by atoms with Gasteiger partial charge in [-0.2, -0.15) is 0 Å². The first-order valence-corrected chi connectivity index (χ1v) is 5.09. The van der Waals surface area contributed by atoms with Crippen LogP contribution in [-0.2, 0) is 9.53 Å². The van der Waals surface area contributed by atoms with Gasteiger partial charge in [-0.1, -0.05) is 23.2 Å². The summed E-state index contributed by atoms with van der Waals surface area (Å²) in [5.41, 5.74) is 0.724. The molecule has 1 rings (SSSR count). The minimum atomic E-state index is -0.424. The Labute approximate surface area is 110 Å². The first-order chi connectivity index (χ1) is 7.04. The number of anilines is 1. The van der Waals surface area contributed by atoms with Crippen molar-refractivity contribution in [3.05, 3.63) is 28.2 Å². The largest absolute Gasteiger partial charge is 0.467 e. The average molecular weight is 285 g/mol. The third kappa shape index (κ3) is 4.08. The molecule has 16 heavy (non-hydrogen) atoms. The van der Waals surface area contributed by atoms with Crippen molar-refractivity contribution in [3.8, 4) is 0 Å². The van der Waals surface area contributed by atoms with Gasteiger partial charge in [0.1, 0.15) is 6.04 Å². The molecular formula is C10H12Cl3NO2. The van der Waals surface area contributed by atoms with E-state index in [9.17, 15) is 4.79 Å². The second kappa shape index (κ2) is 6.84. The van der Waals surface area contributed by atoms with E-state index in [4.69, 9.17) is 23.2 Å². The Morgan fingerprint density at radius 3 is 2.50 bits per heavy atom. The zero-order chi connectivity index (χ0) is 11.4. The molecule has 90 valence electrons. The molecule has 0 amide bonds. The van der Waals surface area contributed by atoms with Crippen molar-refractivity contribution in [3.63, 3.8) is 0 Å². The van der Waals surface area contributed by atoms with Gasteiger partial charge in [-0.05, 0) is 25.1 Å². The first kappa shape index (κ1) is 15.4. The molecule has 1 aromatic rings. The highest BCUT2D eigenvalue weighted by Gasteiger charge is 2.12. The van der Waals surface area contributed by atoms with Gasteiger partial charge in [0.25, 0.3) is 0 Å². The molecule has 1 atom stereocenters. The normalized spacial score (nSPS) is 11.2. The summed E-state index contributed by atoms with van der Waals surface area (Å²) >= 11 is 11.6. The van der Waals surface area contributed by atoms with Crippen molar-refractivity contribution in [2.45, 2.75) is 13.0 Å². The zero-order valence-corrected chi connectivity index (χ0v) is 11.1. The van der Waals surface area contributed by atoms with Crippen molar-refractivity contribution < 1.29 is 9.53 Å². The van der Waals surface area contributed by atoms with Crippen LogP contribution in [0.3, 0.4) is 0 Å². The molecule has 0 bridgehead atoms. The third-order valence-corrected chi connectivity index (χ3v) is 2.60. The standard InChI is InChI=1S/C10H11Cl2NO2.ClH/c1-6(10(14)15-2)13-7-3-4-8(11)9(12)5-7;/h3-6,13H,1-2H3;1H. The number of ether oxygens (including phenoxy) is 1. The van der Waals surface area contributed by atoms with E-state index in [1.54, 1.807) is 25.1 Å². The summed E-state index contributed by atoms with van der Waals surface area (Å²) in [5.74, 6) is -0.332. The predicted octanol–water partition coefficient (Wildman–Crippen LogP) is 3.39. The Morgan fingerprint density at radius 1 is 1.38 bits per heavy atom. The summed E-state index contributed by atoms with van der Waals surface area (Å²) in [6.45, 7) is 1.70. The monoisotopic (exact) mass is 283 g/mol. The molecule has 6 heteroatoms. The van der Waals surface area contributed by atoms with Crippen LogP contribution in [0.5, 0.6) is 0 Å². The van der Waals surface area contributed by atoms with E-state index in [2.05, 4.69) is 10.1 Å². The summed E-state index contributed by atoms with van der Waals surface area (Å²) < 4.78 is 4.58. The van der Waals surface area contributed by atoms with Crippen LogP contribution in [0, 0.1) is 0 Å². The molecule has 0 heterocycles. The molecule has 0 aliphatic carbocycles. The van der Waals surface area contributed by atoms with Gasteiger partial charge in [0.2, 0.25) is 0 Å². The van der Waals surface area contributed by atoms with Crippen LogP contribution < -0.4 is 5.32 Å². The number of nitrogens with one attached hydrogen (secondary N) is 1. The van der Waals surface area contributed by atoms with Crippen LogP contribution in [0.2, 0.25) is 10.0 Å². The van der Waals surface area contributed by atoms with E-state index < -0.39 is 6.04 Å². The van der Waals surface area contributed by atoms with E-state index in [0.29, 0.717) is 10.0 Å². The molecule has 1 N–H and O–H groups in total. The van der Waals surface area contributed by atoms with Crippen LogP contribution in [0.25, 0.3) is 0 Å². The number of carbonyl (C=O) groups excluding carboxylic acids is 1. The van der Waals surface area contributed by atoms with Crippen LogP contribution in [0.4, 0.5) is 5.69 Å². The van der Waals surface area contributed by atoms with Gasteiger partial charge in [0, 0.05) is 5.69 Å². The van der Waals surface area contributed by atoms with E-state index in [1.807, 2.05) is 0 Å². The third-order valence-electron chi connectivity index (χ3n) is 1.86. The fourth-order valence-corrected chi connectivity index (χ4v) is 1.37. The quantitative estimate of drug-likeness (QED) is 0.865. The van der Waals surface area contributed by atoms with Crippen LogP contribution in [-0.4, -0.2) is 19.1 Å². The van der Waals surface area contributed by atoms with Crippen LogP contribution >= 0.6 is 35.6 Å². The SMILES string of the molecule is COC(=O)C(C)Nc1ccc(Cl)c(Cl)c1.Cl. The number of esters is 1. The molecule has 0 radical (unpaired) electrons. The van der Waals surface area contributed by atoms with Crippen LogP contribution in [0.15, 0.2) is 18.2 Å². The highest BCUT2D eigenvalue weighted by atomic mass is 35.5. The average Bonchev–Trinajstić information content (AvgIpc) is 2.22. The number of carbonyl (C=O) groups is 1. The summed E-state index contributed by atoms with van der Waals surface area (Å²) in [7, 11) is 1.34. The molecule has 0 saturated carbocycles. The summed E-state index contributed by atoms with van der Waals surface area (Å²) in [5, 5.41) is 3.87. The molecular weight excluding hydrogens is 272 g/mol. The minimum Gasteiger partial charge on any atom is -0.467 e. The van der Waals surface area contributed by atoms with E-state index >= 15 is 0 Å². The fraction of sp³-hybridized carbons (Fsp3) is 0.300. The van der Waals surface area contributed by atoms with Crippen LogP contribution in [0.1, 0.15) is 6.92 Å². The van der Waals surface area contributed by atoms with Gasteiger partial charge in [-0.3, -0.25) is 0 Å². The van der Waals surface area contributed by atoms with Crippen molar-refractivity contribution in [2.75, 3.05) is 12.4 Å². The van der Waals surface area contributed by atoms with Gasteiger partial charge < -0.3 is 10.1 Å². The fourth-order valence-electron chi connectivity index (χ4n) is 1.07. The van der Waals surface area contributed by atoms with Crippen molar-refractivity contribution >= 4 is 47.3 Å². The molecule has 0 aliphatic rings. The maximum Gasteiger partial charge on any atom is 0.327 e. The number of rotatable bonds is 3. The molecule has 0 aliphatic heterocycles. The minimum absolute atomic E-state index is 0. The van der Waals surface area contributed by atoms with Crippen molar-refractivity contribution in [1.82, 2.24) is 0 Å². The van der Waals surface area contributed by atoms with Crippen molar-refractivity contribution in [2.24, 2.45) is 0 Å². The molecule has 0 spiro atoms. The van der Waals surface area contributed by atoms with E-state index in [0.717, 1.165) is 5.69 Å². The molecule has 1 unspecified atom stereocenters. The number of hydrogen-bond acceptors (Lipinski definition) is 3. The number of methoxy groups -OCH3 is 1. The second-order valence-electron chi connectivity index (χ2n) is 3.02. The maximum atomic E-state index is 11.1. The Kier molecular flexibility index (Phi) is 6.56. The first-order valence-electron chi connectivity index (χ1n) is 4.34. The van der Waals surface area contributed by atoms with E-state index in [1.165, 1.54) is 7.11 Å². The molecule has 0 saturated heterocycles. The van der Waals surface area contributed by atoms with Gasteiger partial charge >= 0.3 is 5.97 Å². The zero-order valence-electron chi connectivity index (χ0n) is 8.79. The highest BCUT2D eigenvalue weighted by Crippen LogP contribution is 2.25. The lowest BCUT2D eigenvalue weighted by Gasteiger charge is -2.13. The van der Waals surface area contributed by atoms with Gasteiger partial charge in [0.05, 0.1) is 17.2 Å². The van der Waals surface area contributed by atoms with Gasteiger partial charge in [-0.25, -0.2) is 4.79 Å². The smallest absolute Gasteiger partial charge is 0.327 e. The lowest BCUT2D eigenvalue weighted by molar-refractivity contribution is -0.141. The number of benzene rings is 1. The lowest BCUT2D eigenvalue weighted by atomic mass is 10.2. The number of hydrogen-bond donors (Lipinski definition) is 1. The molecule has 3 nitrogen and oxygen atoms in total. The maximum absolute atomic E-state index is 11.1. The molecule has 1 aromatic carbocycles. The second-order valence-corrected chi connectivity index (χ2v) is 3.83. The Balaban J connectivity index is 0.00000225. The Bertz CT molecular complexity index is 371. The van der Waals surface area contributed by atoms with Crippen molar-refractivity contribution in [1.29, 1.82) is 0 Å². The number of halogens is 3. The lowest BCUT2D eigenvalue weighted by Crippen LogP contribution is -2.27. The molecule has 0 aromatic heterocycles. The Morgan fingerprint density at radius 2 is 2.00 bits per heavy atom. The Hall–Kier alpha value is -0.640. The van der Waals surface area contributed by atoms with E-state index in [-0.39, 0.29) is 18.4 Å². The summed E-state index contributed by atoms with van der Waals surface area (Å²) in [6.07, 6.45) is 0. The van der Waals surface area contributed by atoms with Gasteiger partial charge in [0.15, 0.2) is 0 Å². The predicted molar refractivity (Wildman–Crippen MR) is 68.8 cm³/mol. The topological polar surface area (TPSA) is 38.3 Å². The highest BCUT2D eigenvalue weighted by molar-refractivity contribution is 6.42.